The first-order valence-corrected chi connectivity index (χ1v) is 8.69. The van der Waals surface area contributed by atoms with Crippen LogP contribution in [-0.4, -0.2) is 7.05 Å². The second kappa shape index (κ2) is 9.30. The molecule has 0 amide bonds. The van der Waals surface area contributed by atoms with Crippen molar-refractivity contribution in [2.24, 2.45) is 0 Å². The first kappa shape index (κ1) is 16.6. The van der Waals surface area contributed by atoms with Crippen LogP contribution in [0.2, 0.25) is 0 Å². The maximum absolute atomic E-state index is 2.28. The Kier molecular flexibility index (Phi) is 7.02. The zero-order valence-corrected chi connectivity index (χ0v) is 14.1. The lowest BCUT2D eigenvalue weighted by Gasteiger charge is -2.19. The van der Waals surface area contributed by atoms with Crippen molar-refractivity contribution >= 4 is 11.4 Å². The second-order valence-corrected chi connectivity index (χ2v) is 6.08. The molecule has 1 nitrogen and oxygen atoms in total. The van der Waals surface area contributed by atoms with Crippen LogP contribution in [-0.2, 0) is 6.42 Å². The van der Waals surface area contributed by atoms with E-state index in [1.807, 2.05) is 0 Å². The molecule has 0 aromatic heterocycles. The average Bonchev–Trinajstić information content (AvgIpc) is 2.59. The Morgan fingerprint density at radius 1 is 0.682 bits per heavy atom. The number of hydrogen-bond acceptors (Lipinski definition) is 1. The van der Waals surface area contributed by atoms with Crippen LogP contribution in [0, 0.1) is 0 Å². The average molecular weight is 295 g/mol. The van der Waals surface area contributed by atoms with E-state index in [1.54, 1.807) is 0 Å². The van der Waals surface area contributed by atoms with Crippen LogP contribution >= 0.6 is 0 Å². The van der Waals surface area contributed by atoms with Gasteiger partial charge in [-0.15, -0.1) is 0 Å². The molecule has 0 saturated carbocycles. The van der Waals surface area contributed by atoms with Gasteiger partial charge in [0.15, 0.2) is 0 Å². The zero-order valence-electron chi connectivity index (χ0n) is 14.1. The smallest absolute Gasteiger partial charge is 0.0408 e. The van der Waals surface area contributed by atoms with E-state index in [9.17, 15) is 0 Å². The van der Waals surface area contributed by atoms with Crippen molar-refractivity contribution in [1.29, 1.82) is 0 Å². The van der Waals surface area contributed by atoms with Crippen molar-refractivity contribution < 1.29 is 0 Å². The predicted molar refractivity (Wildman–Crippen MR) is 98.0 cm³/mol. The van der Waals surface area contributed by atoms with Crippen LogP contribution in [0.4, 0.5) is 11.4 Å². The summed E-state index contributed by atoms with van der Waals surface area (Å²) in [6.07, 6.45) is 9.40. The van der Waals surface area contributed by atoms with Gasteiger partial charge in [0, 0.05) is 18.4 Å². The minimum Gasteiger partial charge on any atom is -0.345 e. The SMILES string of the molecule is CCCCCCCCc1ccc(N(C)c2ccccc2)cc1. The van der Waals surface area contributed by atoms with Gasteiger partial charge >= 0.3 is 0 Å². The van der Waals surface area contributed by atoms with Crippen molar-refractivity contribution in [3.63, 3.8) is 0 Å². The van der Waals surface area contributed by atoms with Crippen molar-refractivity contribution in [3.05, 3.63) is 60.2 Å². The number of benzene rings is 2. The fourth-order valence-corrected chi connectivity index (χ4v) is 2.80. The number of hydrogen-bond donors (Lipinski definition) is 0. The Morgan fingerprint density at radius 2 is 1.27 bits per heavy atom. The summed E-state index contributed by atoms with van der Waals surface area (Å²) in [6, 6.07) is 19.5. The molecule has 0 fully saturated rings. The number of nitrogens with zero attached hydrogens (tertiary/aromatic N) is 1. The van der Waals surface area contributed by atoms with E-state index in [4.69, 9.17) is 0 Å². The quantitative estimate of drug-likeness (QED) is 0.487. The van der Waals surface area contributed by atoms with Crippen molar-refractivity contribution in [2.75, 3.05) is 11.9 Å². The molecule has 0 aliphatic heterocycles. The third kappa shape index (κ3) is 5.22. The molecule has 2 aromatic rings. The van der Waals surface area contributed by atoms with Gasteiger partial charge < -0.3 is 4.90 Å². The topological polar surface area (TPSA) is 3.24 Å². The molecule has 2 aromatic carbocycles. The normalized spacial score (nSPS) is 10.6. The summed E-state index contributed by atoms with van der Waals surface area (Å²) < 4.78 is 0. The summed E-state index contributed by atoms with van der Waals surface area (Å²) in [5.74, 6) is 0. The van der Waals surface area contributed by atoms with Crippen LogP contribution in [0.15, 0.2) is 54.6 Å². The van der Waals surface area contributed by atoms with Crippen LogP contribution in [0.25, 0.3) is 0 Å². The molecule has 22 heavy (non-hydrogen) atoms. The summed E-state index contributed by atoms with van der Waals surface area (Å²) in [4.78, 5) is 2.23. The molecular formula is C21H29N. The largest absolute Gasteiger partial charge is 0.345 e. The van der Waals surface area contributed by atoms with Gasteiger partial charge in [0.2, 0.25) is 0 Å². The van der Waals surface area contributed by atoms with Gasteiger partial charge in [-0.2, -0.15) is 0 Å². The van der Waals surface area contributed by atoms with Crippen LogP contribution in [0.5, 0.6) is 0 Å². The van der Waals surface area contributed by atoms with E-state index in [1.165, 1.54) is 61.9 Å². The molecule has 0 spiro atoms. The number of unbranched alkanes of at least 4 members (excludes halogenated alkanes) is 5. The number of para-hydroxylation sites is 1. The van der Waals surface area contributed by atoms with E-state index in [2.05, 4.69) is 73.5 Å². The number of anilines is 2. The Labute approximate surface area is 136 Å². The summed E-state index contributed by atoms with van der Waals surface area (Å²) in [7, 11) is 2.12. The molecule has 2 rings (SSSR count). The molecule has 0 heterocycles. The number of aryl methyl sites for hydroxylation is 1. The van der Waals surface area contributed by atoms with Crippen LogP contribution < -0.4 is 4.90 Å². The van der Waals surface area contributed by atoms with Gasteiger partial charge in [0.1, 0.15) is 0 Å². The fourth-order valence-electron chi connectivity index (χ4n) is 2.80. The maximum Gasteiger partial charge on any atom is 0.0408 e. The molecule has 0 saturated heterocycles. The Hall–Kier alpha value is -1.76. The van der Waals surface area contributed by atoms with Gasteiger partial charge in [0.25, 0.3) is 0 Å². The van der Waals surface area contributed by atoms with Crippen molar-refractivity contribution in [1.82, 2.24) is 0 Å². The minimum atomic E-state index is 1.21. The second-order valence-electron chi connectivity index (χ2n) is 6.08. The van der Waals surface area contributed by atoms with E-state index in [0.717, 1.165) is 0 Å². The van der Waals surface area contributed by atoms with E-state index in [0.29, 0.717) is 0 Å². The molecule has 1 heteroatoms. The summed E-state index contributed by atoms with van der Waals surface area (Å²) in [5.41, 5.74) is 3.93. The third-order valence-electron chi connectivity index (χ3n) is 4.29. The molecule has 0 unspecified atom stereocenters. The highest BCUT2D eigenvalue weighted by Gasteiger charge is 2.03. The van der Waals surface area contributed by atoms with Crippen molar-refractivity contribution in [2.45, 2.75) is 51.9 Å². The highest BCUT2D eigenvalue weighted by molar-refractivity contribution is 5.62. The molecular weight excluding hydrogens is 266 g/mol. The molecule has 0 aliphatic rings. The summed E-state index contributed by atoms with van der Waals surface area (Å²) in [6.45, 7) is 2.27. The van der Waals surface area contributed by atoms with Gasteiger partial charge in [-0.25, -0.2) is 0 Å². The lowest BCUT2D eigenvalue weighted by Crippen LogP contribution is -2.08. The maximum atomic E-state index is 2.28. The first-order chi connectivity index (χ1) is 10.8. The van der Waals surface area contributed by atoms with Gasteiger partial charge in [-0.3, -0.25) is 0 Å². The molecule has 0 radical (unpaired) electrons. The highest BCUT2D eigenvalue weighted by Crippen LogP contribution is 2.23. The summed E-state index contributed by atoms with van der Waals surface area (Å²) >= 11 is 0. The fraction of sp³-hybridized carbons (Fsp3) is 0.429. The third-order valence-corrected chi connectivity index (χ3v) is 4.29. The monoisotopic (exact) mass is 295 g/mol. The van der Waals surface area contributed by atoms with Crippen molar-refractivity contribution in [3.8, 4) is 0 Å². The highest BCUT2D eigenvalue weighted by atomic mass is 15.1. The Bertz CT molecular complexity index is 515. The lowest BCUT2D eigenvalue weighted by molar-refractivity contribution is 0.607. The van der Waals surface area contributed by atoms with Gasteiger partial charge in [0.05, 0.1) is 0 Å². The summed E-state index contributed by atoms with van der Waals surface area (Å²) in [5, 5.41) is 0. The molecule has 118 valence electrons. The van der Waals surface area contributed by atoms with Crippen LogP contribution in [0.1, 0.15) is 51.0 Å². The molecule has 0 bridgehead atoms. The molecule has 0 atom stereocenters. The standard InChI is InChI=1S/C21H29N/c1-3-4-5-6-7-9-12-19-15-17-21(18-16-19)22(2)20-13-10-8-11-14-20/h8,10-11,13-18H,3-7,9,12H2,1-2H3. The van der Waals surface area contributed by atoms with Gasteiger partial charge in [-0.05, 0) is 42.7 Å². The van der Waals surface area contributed by atoms with E-state index >= 15 is 0 Å². The van der Waals surface area contributed by atoms with E-state index in [-0.39, 0.29) is 0 Å². The number of rotatable bonds is 9. The van der Waals surface area contributed by atoms with E-state index < -0.39 is 0 Å². The Balaban J connectivity index is 1.80. The molecule has 0 N–H and O–H groups in total. The minimum absolute atomic E-state index is 1.21. The lowest BCUT2D eigenvalue weighted by atomic mass is 10.0. The van der Waals surface area contributed by atoms with Crippen LogP contribution in [0.3, 0.4) is 0 Å². The zero-order chi connectivity index (χ0) is 15.6. The first-order valence-electron chi connectivity index (χ1n) is 8.69. The Morgan fingerprint density at radius 3 is 1.95 bits per heavy atom. The molecule has 0 aliphatic carbocycles. The van der Waals surface area contributed by atoms with Gasteiger partial charge in [-0.1, -0.05) is 69.4 Å². The predicted octanol–water partition coefficient (Wildman–Crippen LogP) is 6.36.